The number of aromatic nitrogens is 2. The van der Waals surface area contributed by atoms with Crippen LogP contribution in [0.25, 0.3) is 43.5 Å². The summed E-state index contributed by atoms with van der Waals surface area (Å²) in [7, 11) is 2.09. The van der Waals surface area contributed by atoms with Gasteiger partial charge in [-0.25, -0.2) is 9.41 Å². The largest absolute Gasteiger partial charge is 0.238 e. The topological polar surface area (TPSA) is 12.1 Å². The minimum Gasteiger partial charge on any atom is -0.238 e. The van der Waals surface area contributed by atoms with Gasteiger partial charge < -0.3 is 0 Å². The van der Waals surface area contributed by atoms with Crippen LogP contribution in [0.3, 0.4) is 0 Å². The molecule has 0 N–H and O–H groups in total. The Morgan fingerprint density at radius 2 is 1.50 bits per heavy atom. The zero-order chi connectivity index (χ0) is 22.4. The van der Waals surface area contributed by atoms with E-state index < -0.39 is 0 Å². The molecule has 0 unspecified atom stereocenters. The first-order chi connectivity index (χ1) is 15.5. The third-order valence-electron chi connectivity index (χ3n) is 6.43. The van der Waals surface area contributed by atoms with Crippen molar-refractivity contribution in [1.29, 1.82) is 0 Å². The van der Waals surface area contributed by atoms with Gasteiger partial charge in [-0.3, -0.25) is 0 Å². The lowest BCUT2D eigenvalue weighted by Gasteiger charge is -2.13. The quantitative estimate of drug-likeness (QED) is 0.239. The van der Waals surface area contributed by atoms with Crippen LogP contribution in [0, 0.1) is 27.3 Å². The van der Waals surface area contributed by atoms with Gasteiger partial charge in [0.15, 0.2) is 17.6 Å². The lowest BCUT2D eigenvalue weighted by molar-refractivity contribution is -0.659. The minimum atomic E-state index is 0.646. The van der Waals surface area contributed by atoms with Crippen molar-refractivity contribution in [3.63, 3.8) is 0 Å². The maximum absolute atomic E-state index is 7.80. The number of hydrogen-bond donors (Lipinski definition) is 0. The molecule has 0 bridgehead atoms. The summed E-state index contributed by atoms with van der Waals surface area (Å²) >= 11 is 0. The fraction of sp³-hybridized carbons (Fsp3) is 0.138. The summed E-state index contributed by atoms with van der Waals surface area (Å²) in [5.41, 5.74) is 8.61. The van der Waals surface area contributed by atoms with Gasteiger partial charge in [0.1, 0.15) is 7.05 Å². The van der Waals surface area contributed by atoms with E-state index in [1.807, 2.05) is 12.1 Å². The Bertz CT molecular complexity index is 1570. The second kappa shape index (κ2) is 7.59. The molecule has 0 saturated carbocycles. The molecular weight excluding hydrogens is 390 g/mol. The van der Waals surface area contributed by atoms with E-state index in [1.165, 1.54) is 21.7 Å². The molecule has 0 aliphatic heterocycles. The SMILES string of the molecule is [C-]#[N+]c1cc(-c2c(C)c3ccccc3c[n+]2C)c(C)c(-[n+]2c(C)ccc3ccccc32)c1. The molecule has 0 spiro atoms. The predicted molar refractivity (Wildman–Crippen MR) is 130 cm³/mol. The van der Waals surface area contributed by atoms with Crippen LogP contribution in [0.5, 0.6) is 0 Å². The summed E-state index contributed by atoms with van der Waals surface area (Å²) in [6, 6.07) is 25.2. The van der Waals surface area contributed by atoms with Crippen molar-refractivity contribution in [2.45, 2.75) is 20.8 Å². The van der Waals surface area contributed by atoms with Gasteiger partial charge in [-0.05, 0) is 43.5 Å². The molecule has 2 aromatic heterocycles. The Kier molecular flexibility index (Phi) is 4.72. The molecule has 2 heterocycles. The molecule has 0 amide bonds. The molecule has 0 atom stereocenters. The lowest BCUT2D eigenvalue weighted by atomic mass is 9.95. The molecule has 154 valence electrons. The van der Waals surface area contributed by atoms with Crippen LogP contribution in [0.1, 0.15) is 16.8 Å². The average Bonchev–Trinajstić information content (AvgIpc) is 2.80. The first kappa shape index (κ1) is 19.9. The van der Waals surface area contributed by atoms with Crippen LogP contribution in [-0.2, 0) is 7.05 Å². The Morgan fingerprint density at radius 1 is 0.781 bits per heavy atom. The van der Waals surface area contributed by atoms with Crippen LogP contribution in [0.2, 0.25) is 0 Å². The van der Waals surface area contributed by atoms with Crippen molar-refractivity contribution in [3.05, 3.63) is 107 Å². The van der Waals surface area contributed by atoms with Gasteiger partial charge in [0.05, 0.1) is 6.57 Å². The number of para-hydroxylation sites is 1. The van der Waals surface area contributed by atoms with E-state index in [0.717, 1.165) is 33.7 Å². The van der Waals surface area contributed by atoms with Crippen LogP contribution >= 0.6 is 0 Å². The fourth-order valence-corrected chi connectivity index (χ4v) is 4.86. The molecule has 0 aliphatic carbocycles. The van der Waals surface area contributed by atoms with E-state index in [2.05, 4.69) is 109 Å². The highest BCUT2D eigenvalue weighted by atomic mass is 15.0. The zero-order valence-corrected chi connectivity index (χ0v) is 18.8. The van der Waals surface area contributed by atoms with Gasteiger partial charge in [0, 0.05) is 52.6 Å². The molecule has 32 heavy (non-hydrogen) atoms. The van der Waals surface area contributed by atoms with Crippen LogP contribution in [0.15, 0.2) is 79.0 Å². The van der Waals surface area contributed by atoms with E-state index in [1.54, 1.807) is 0 Å². The minimum absolute atomic E-state index is 0.646. The molecule has 3 nitrogen and oxygen atoms in total. The van der Waals surface area contributed by atoms with Crippen LogP contribution in [0.4, 0.5) is 5.69 Å². The molecule has 5 rings (SSSR count). The second-order valence-electron chi connectivity index (χ2n) is 8.42. The number of fused-ring (bicyclic) bond motifs is 2. The Morgan fingerprint density at radius 3 is 2.28 bits per heavy atom. The third kappa shape index (κ3) is 3.04. The highest BCUT2D eigenvalue weighted by Gasteiger charge is 2.26. The van der Waals surface area contributed by atoms with Crippen molar-refractivity contribution in [2.24, 2.45) is 7.05 Å². The van der Waals surface area contributed by atoms with Gasteiger partial charge in [-0.1, -0.05) is 30.3 Å². The maximum Gasteiger partial charge on any atom is 0.218 e. The van der Waals surface area contributed by atoms with Gasteiger partial charge in [0.2, 0.25) is 16.9 Å². The van der Waals surface area contributed by atoms with Gasteiger partial charge in [0.25, 0.3) is 0 Å². The first-order valence-electron chi connectivity index (χ1n) is 10.8. The highest BCUT2D eigenvalue weighted by molar-refractivity contribution is 5.89. The van der Waals surface area contributed by atoms with E-state index in [9.17, 15) is 0 Å². The van der Waals surface area contributed by atoms with Crippen molar-refractivity contribution < 1.29 is 9.13 Å². The molecule has 3 heteroatoms. The summed E-state index contributed by atoms with van der Waals surface area (Å²) in [4.78, 5) is 3.84. The maximum atomic E-state index is 7.80. The number of nitrogens with zero attached hydrogens (tertiary/aromatic N) is 3. The van der Waals surface area contributed by atoms with Crippen molar-refractivity contribution in [2.75, 3.05) is 0 Å². The Balaban J connectivity index is 1.88. The van der Waals surface area contributed by atoms with Crippen LogP contribution < -0.4 is 9.13 Å². The molecule has 0 fully saturated rings. The standard InChI is InChI=1S/C29H25N3/c1-19-14-15-22-10-7-9-13-27(22)32(19)28-17-24(30-4)16-26(20(28)2)29-21(3)25-12-8-6-11-23(25)18-31(29)5/h6-18H,1-3,5H3/q+2. The lowest BCUT2D eigenvalue weighted by Crippen LogP contribution is -2.37. The van der Waals surface area contributed by atoms with E-state index in [-0.39, 0.29) is 0 Å². The van der Waals surface area contributed by atoms with Gasteiger partial charge in [-0.15, -0.1) is 0 Å². The first-order valence-corrected chi connectivity index (χ1v) is 10.8. The number of hydrogen-bond acceptors (Lipinski definition) is 0. The van der Waals surface area contributed by atoms with Crippen molar-refractivity contribution in [3.8, 4) is 16.9 Å². The van der Waals surface area contributed by atoms with Crippen molar-refractivity contribution >= 4 is 27.4 Å². The van der Waals surface area contributed by atoms with Gasteiger partial charge >= 0.3 is 0 Å². The Labute approximate surface area is 188 Å². The second-order valence-corrected chi connectivity index (χ2v) is 8.42. The van der Waals surface area contributed by atoms with E-state index in [0.29, 0.717) is 5.69 Å². The van der Waals surface area contributed by atoms with Crippen LogP contribution in [-0.4, -0.2) is 0 Å². The summed E-state index contributed by atoms with van der Waals surface area (Å²) < 4.78 is 4.47. The smallest absolute Gasteiger partial charge is 0.218 e. The summed E-state index contributed by atoms with van der Waals surface area (Å²) in [6.07, 6.45) is 2.18. The van der Waals surface area contributed by atoms with Crippen molar-refractivity contribution in [1.82, 2.24) is 0 Å². The monoisotopic (exact) mass is 415 g/mol. The third-order valence-corrected chi connectivity index (χ3v) is 6.43. The van der Waals surface area contributed by atoms with E-state index >= 15 is 0 Å². The number of benzene rings is 3. The number of pyridine rings is 2. The van der Waals surface area contributed by atoms with Gasteiger partial charge in [-0.2, -0.15) is 4.57 Å². The summed E-state index contributed by atoms with van der Waals surface area (Å²) in [5, 5.41) is 3.64. The highest BCUT2D eigenvalue weighted by Crippen LogP contribution is 2.34. The molecular formula is C29H25N3+2. The van der Waals surface area contributed by atoms with E-state index in [4.69, 9.17) is 6.57 Å². The number of aryl methyl sites for hydroxylation is 3. The summed E-state index contributed by atoms with van der Waals surface area (Å²) in [6.45, 7) is 14.3. The molecule has 5 aromatic rings. The Hall–Kier alpha value is -4.03. The average molecular weight is 416 g/mol. The predicted octanol–water partition coefficient (Wildman–Crippen LogP) is 6.24. The molecule has 0 saturated heterocycles. The molecule has 3 aromatic carbocycles. The molecule has 0 aliphatic rings. The molecule has 0 radical (unpaired) electrons. The fourth-order valence-electron chi connectivity index (χ4n) is 4.86. The summed E-state index contributed by atoms with van der Waals surface area (Å²) in [5.74, 6) is 0. The normalized spacial score (nSPS) is 11.1. The zero-order valence-electron chi connectivity index (χ0n) is 18.8. The number of rotatable bonds is 2.